The van der Waals surface area contributed by atoms with Crippen LogP contribution in [0.25, 0.3) is 32.3 Å². The lowest BCUT2D eigenvalue weighted by atomic mass is 10.0. The number of fused-ring (bicyclic) bond motifs is 3. The van der Waals surface area contributed by atoms with Crippen molar-refractivity contribution in [1.29, 1.82) is 0 Å². The van der Waals surface area contributed by atoms with Gasteiger partial charge in [0.25, 0.3) is 0 Å². The van der Waals surface area contributed by atoms with Crippen molar-refractivity contribution < 1.29 is 0 Å². The number of hydrogen-bond acceptors (Lipinski definition) is 1. The van der Waals surface area contributed by atoms with Crippen molar-refractivity contribution in [3.63, 3.8) is 0 Å². The highest BCUT2D eigenvalue weighted by molar-refractivity contribution is 6.06. The van der Waals surface area contributed by atoms with E-state index in [1.807, 2.05) is 0 Å². The lowest BCUT2D eigenvalue weighted by Gasteiger charge is -2.13. The molecule has 25 heavy (non-hydrogen) atoms. The van der Waals surface area contributed by atoms with Crippen LogP contribution in [0.4, 0.5) is 11.4 Å². The highest BCUT2D eigenvalue weighted by Gasteiger charge is 2.05. The van der Waals surface area contributed by atoms with Gasteiger partial charge in [-0.25, -0.2) is 0 Å². The normalized spacial score (nSPS) is 11.2. The molecule has 5 rings (SSSR count). The number of hydrogen-bond donors (Lipinski definition) is 1. The molecule has 0 aliphatic heterocycles. The van der Waals surface area contributed by atoms with Crippen LogP contribution in [0, 0.1) is 0 Å². The Morgan fingerprint density at radius 2 is 0.960 bits per heavy atom. The molecule has 0 aliphatic rings. The molecule has 0 saturated heterocycles. The van der Waals surface area contributed by atoms with Crippen LogP contribution in [-0.4, -0.2) is 0 Å². The maximum Gasteiger partial charge on any atom is 0.0464 e. The van der Waals surface area contributed by atoms with Crippen LogP contribution in [0.15, 0.2) is 97.1 Å². The average molecular weight is 319 g/mol. The van der Waals surface area contributed by atoms with Crippen molar-refractivity contribution >= 4 is 43.7 Å². The Kier molecular flexibility index (Phi) is 3.17. The van der Waals surface area contributed by atoms with Crippen LogP contribution in [0.1, 0.15) is 0 Å². The quantitative estimate of drug-likeness (QED) is 0.349. The molecule has 0 aliphatic carbocycles. The smallest absolute Gasteiger partial charge is 0.0464 e. The second kappa shape index (κ2) is 5.64. The van der Waals surface area contributed by atoms with Gasteiger partial charge in [0, 0.05) is 22.1 Å². The minimum atomic E-state index is 1.14. The van der Waals surface area contributed by atoms with E-state index < -0.39 is 0 Å². The molecule has 0 bridgehead atoms. The van der Waals surface area contributed by atoms with E-state index in [9.17, 15) is 0 Å². The van der Waals surface area contributed by atoms with Gasteiger partial charge in [-0.2, -0.15) is 0 Å². The van der Waals surface area contributed by atoms with Crippen LogP contribution in [0.5, 0.6) is 0 Å². The summed E-state index contributed by atoms with van der Waals surface area (Å²) in [6.45, 7) is 0. The van der Waals surface area contributed by atoms with Crippen LogP contribution in [0.3, 0.4) is 0 Å². The molecule has 0 saturated carbocycles. The van der Waals surface area contributed by atoms with Gasteiger partial charge in [-0.1, -0.05) is 72.8 Å². The minimum absolute atomic E-state index is 1.14. The summed E-state index contributed by atoms with van der Waals surface area (Å²) in [4.78, 5) is 0. The van der Waals surface area contributed by atoms with E-state index in [4.69, 9.17) is 0 Å². The molecule has 0 radical (unpaired) electrons. The molecule has 0 heterocycles. The predicted molar refractivity (Wildman–Crippen MR) is 109 cm³/mol. The van der Waals surface area contributed by atoms with Gasteiger partial charge >= 0.3 is 0 Å². The number of nitrogens with one attached hydrogen (secondary N) is 1. The molecule has 118 valence electrons. The van der Waals surface area contributed by atoms with Crippen LogP contribution in [0.2, 0.25) is 0 Å². The first-order valence-corrected chi connectivity index (χ1v) is 8.55. The van der Waals surface area contributed by atoms with Crippen molar-refractivity contribution in [2.24, 2.45) is 0 Å². The average Bonchev–Trinajstić information content (AvgIpc) is 2.67. The molecule has 5 aromatic carbocycles. The van der Waals surface area contributed by atoms with Gasteiger partial charge in [-0.15, -0.1) is 0 Å². The van der Waals surface area contributed by atoms with E-state index in [0.29, 0.717) is 0 Å². The summed E-state index contributed by atoms with van der Waals surface area (Å²) in [6.07, 6.45) is 0. The summed E-state index contributed by atoms with van der Waals surface area (Å²) < 4.78 is 0. The first kappa shape index (κ1) is 14.1. The van der Waals surface area contributed by atoms with E-state index in [1.165, 1.54) is 32.3 Å². The van der Waals surface area contributed by atoms with E-state index >= 15 is 0 Å². The Bertz CT molecular complexity index is 1220. The first-order valence-electron chi connectivity index (χ1n) is 8.55. The van der Waals surface area contributed by atoms with Crippen LogP contribution in [-0.2, 0) is 0 Å². The molecular formula is C24H17N. The molecule has 0 atom stereocenters. The highest BCUT2D eigenvalue weighted by atomic mass is 14.9. The van der Waals surface area contributed by atoms with Gasteiger partial charge in [0.15, 0.2) is 0 Å². The zero-order valence-corrected chi connectivity index (χ0v) is 13.7. The number of anilines is 2. The van der Waals surface area contributed by atoms with Crippen molar-refractivity contribution in [1.82, 2.24) is 0 Å². The fourth-order valence-electron chi connectivity index (χ4n) is 3.56. The SMILES string of the molecule is c1ccc2cc3c(Nc4cccc5ccccc45)cccc3cc2c1. The Morgan fingerprint density at radius 3 is 1.76 bits per heavy atom. The van der Waals surface area contributed by atoms with Gasteiger partial charge in [-0.05, 0) is 45.8 Å². The fourth-order valence-corrected chi connectivity index (χ4v) is 3.56. The third-order valence-corrected chi connectivity index (χ3v) is 4.81. The molecule has 1 heteroatoms. The molecule has 1 nitrogen and oxygen atoms in total. The summed E-state index contributed by atoms with van der Waals surface area (Å²) in [5.41, 5.74) is 2.28. The zero-order valence-electron chi connectivity index (χ0n) is 13.7. The van der Waals surface area contributed by atoms with Crippen molar-refractivity contribution in [2.45, 2.75) is 0 Å². The fraction of sp³-hybridized carbons (Fsp3) is 0. The van der Waals surface area contributed by atoms with Gasteiger partial charge in [0.1, 0.15) is 0 Å². The van der Waals surface area contributed by atoms with Gasteiger partial charge in [0.05, 0.1) is 0 Å². The molecule has 1 N–H and O–H groups in total. The largest absolute Gasteiger partial charge is 0.355 e. The number of rotatable bonds is 2. The molecule has 0 spiro atoms. The Balaban J connectivity index is 1.71. The molecule has 0 unspecified atom stereocenters. The van der Waals surface area contributed by atoms with Crippen molar-refractivity contribution in [2.75, 3.05) is 5.32 Å². The van der Waals surface area contributed by atoms with E-state index in [1.54, 1.807) is 0 Å². The first-order chi connectivity index (χ1) is 12.4. The molecule has 5 aromatic rings. The monoisotopic (exact) mass is 319 g/mol. The third-order valence-electron chi connectivity index (χ3n) is 4.81. The Labute approximate surface area is 146 Å². The van der Waals surface area contributed by atoms with E-state index in [0.717, 1.165) is 11.4 Å². The van der Waals surface area contributed by atoms with E-state index in [2.05, 4.69) is 102 Å². The summed E-state index contributed by atoms with van der Waals surface area (Å²) >= 11 is 0. The summed E-state index contributed by atoms with van der Waals surface area (Å²) in [5, 5.41) is 11.2. The maximum absolute atomic E-state index is 3.65. The lowest BCUT2D eigenvalue weighted by Crippen LogP contribution is -1.92. The molecule has 0 amide bonds. The van der Waals surface area contributed by atoms with Gasteiger partial charge in [0.2, 0.25) is 0 Å². The Hall–Kier alpha value is -3.32. The summed E-state index contributed by atoms with van der Waals surface area (Å²) in [5.74, 6) is 0. The van der Waals surface area contributed by atoms with Gasteiger partial charge < -0.3 is 5.32 Å². The minimum Gasteiger partial charge on any atom is -0.355 e. The molecular weight excluding hydrogens is 302 g/mol. The zero-order chi connectivity index (χ0) is 16.6. The highest BCUT2D eigenvalue weighted by Crippen LogP contribution is 2.32. The molecule has 0 fully saturated rings. The predicted octanol–water partition coefficient (Wildman–Crippen LogP) is 6.89. The lowest BCUT2D eigenvalue weighted by molar-refractivity contribution is 1.61. The molecule has 0 aromatic heterocycles. The third kappa shape index (κ3) is 2.41. The summed E-state index contributed by atoms with van der Waals surface area (Å²) in [6, 6.07) is 34.4. The van der Waals surface area contributed by atoms with Crippen molar-refractivity contribution in [3.8, 4) is 0 Å². The van der Waals surface area contributed by atoms with Gasteiger partial charge in [-0.3, -0.25) is 0 Å². The second-order valence-corrected chi connectivity index (χ2v) is 6.38. The summed E-state index contributed by atoms with van der Waals surface area (Å²) in [7, 11) is 0. The second-order valence-electron chi connectivity index (χ2n) is 6.38. The van der Waals surface area contributed by atoms with Crippen LogP contribution < -0.4 is 5.32 Å². The maximum atomic E-state index is 3.65. The number of benzene rings is 5. The van der Waals surface area contributed by atoms with Crippen LogP contribution >= 0.6 is 0 Å². The standard InChI is InChI=1S/C24H17N/c1-2-9-19-16-22-20(15-18(19)8-1)11-6-14-24(22)25-23-13-5-10-17-7-3-4-12-21(17)23/h1-16,25H. The topological polar surface area (TPSA) is 12.0 Å². The van der Waals surface area contributed by atoms with E-state index in [-0.39, 0.29) is 0 Å². The van der Waals surface area contributed by atoms with Crippen molar-refractivity contribution in [3.05, 3.63) is 97.1 Å². The Morgan fingerprint density at radius 1 is 0.400 bits per heavy atom.